The summed E-state index contributed by atoms with van der Waals surface area (Å²) in [7, 11) is 1.66. The Balaban J connectivity index is 2.40. The van der Waals surface area contributed by atoms with Crippen molar-refractivity contribution >= 4 is 5.91 Å². The molecule has 0 aromatic heterocycles. The van der Waals surface area contributed by atoms with E-state index in [0.29, 0.717) is 12.5 Å². The van der Waals surface area contributed by atoms with E-state index in [-0.39, 0.29) is 11.3 Å². The van der Waals surface area contributed by atoms with Gasteiger partial charge in [0.25, 0.3) is 0 Å². The zero-order valence-electron chi connectivity index (χ0n) is 9.43. The van der Waals surface area contributed by atoms with E-state index in [1.807, 2.05) is 0 Å². The molecule has 0 heterocycles. The summed E-state index contributed by atoms with van der Waals surface area (Å²) in [5.74, 6) is 0.693. The molecule has 0 spiro atoms. The molecule has 1 amide bonds. The third kappa shape index (κ3) is 2.47. The molecule has 3 nitrogen and oxygen atoms in total. The molecule has 0 aromatic carbocycles. The van der Waals surface area contributed by atoms with Crippen molar-refractivity contribution in [1.82, 2.24) is 5.32 Å². The van der Waals surface area contributed by atoms with Gasteiger partial charge >= 0.3 is 0 Å². The lowest BCUT2D eigenvalue weighted by Crippen LogP contribution is -2.49. The van der Waals surface area contributed by atoms with Gasteiger partial charge in [0.05, 0.1) is 12.0 Å². The summed E-state index contributed by atoms with van der Waals surface area (Å²) >= 11 is 0. The van der Waals surface area contributed by atoms with Crippen LogP contribution in [0.1, 0.15) is 33.1 Å². The van der Waals surface area contributed by atoms with Crippen molar-refractivity contribution in [2.75, 3.05) is 20.3 Å². The summed E-state index contributed by atoms with van der Waals surface area (Å²) in [5.41, 5.74) is -0.205. The highest BCUT2D eigenvalue weighted by Gasteiger charge is 2.43. The molecule has 0 saturated heterocycles. The van der Waals surface area contributed by atoms with Crippen LogP contribution in [-0.2, 0) is 9.53 Å². The van der Waals surface area contributed by atoms with Crippen molar-refractivity contribution in [3.8, 4) is 0 Å². The van der Waals surface area contributed by atoms with Crippen molar-refractivity contribution < 1.29 is 9.53 Å². The minimum absolute atomic E-state index is 0.180. The van der Waals surface area contributed by atoms with Crippen LogP contribution in [0.2, 0.25) is 0 Å². The predicted molar refractivity (Wildman–Crippen MR) is 56.0 cm³/mol. The van der Waals surface area contributed by atoms with Gasteiger partial charge in [0, 0.05) is 13.7 Å². The first-order valence-corrected chi connectivity index (χ1v) is 5.38. The highest BCUT2D eigenvalue weighted by atomic mass is 16.5. The molecular formula is C11H21NO2. The zero-order valence-corrected chi connectivity index (χ0v) is 9.43. The Bertz CT molecular complexity index is 197. The van der Waals surface area contributed by atoms with E-state index >= 15 is 0 Å². The summed E-state index contributed by atoms with van der Waals surface area (Å²) < 4.78 is 5.12. The second-order valence-electron chi connectivity index (χ2n) is 4.67. The average Bonchev–Trinajstić information content (AvgIpc) is 2.07. The molecule has 82 valence electrons. The molecule has 0 bridgehead atoms. The third-order valence-electron chi connectivity index (χ3n) is 2.88. The summed E-state index contributed by atoms with van der Waals surface area (Å²) in [6, 6.07) is 0. The van der Waals surface area contributed by atoms with Crippen LogP contribution >= 0.6 is 0 Å². The van der Waals surface area contributed by atoms with E-state index in [0.717, 1.165) is 25.8 Å². The van der Waals surface area contributed by atoms with Crippen LogP contribution in [0.4, 0.5) is 0 Å². The fraction of sp³-hybridized carbons (Fsp3) is 0.909. The SMILES string of the molecule is COCC1(C(=O)NCC(C)C)CCC1. The first-order chi connectivity index (χ1) is 6.60. The maximum Gasteiger partial charge on any atom is 0.228 e. The van der Waals surface area contributed by atoms with Gasteiger partial charge in [-0.2, -0.15) is 0 Å². The summed E-state index contributed by atoms with van der Waals surface area (Å²) in [6.45, 7) is 5.54. The molecule has 1 saturated carbocycles. The lowest BCUT2D eigenvalue weighted by molar-refractivity contribution is -0.140. The smallest absolute Gasteiger partial charge is 0.228 e. The number of carbonyl (C=O) groups excluding carboxylic acids is 1. The van der Waals surface area contributed by atoms with Crippen molar-refractivity contribution in [1.29, 1.82) is 0 Å². The van der Waals surface area contributed by atoms with Crippen LogP contribution in [-0.4, -0.2) is 26.2 Å². The average molecular weight is 199 g/mol. The lowest BCUT2D eigenvalue weighted by Gasteiger charge is -2.39. The Labute approximate surface area is 86.2 Å². The molecule has 0 radical (unpaired) electrons. The van der Waals surface area contributed by atoms with Crippen molar-refractivity contribution in [2.24, 2.45) is 11.3 Å². The van der Waals surface area contributed by atoms with Gasteiger partial charge in [-0.15, -0.1) is 0 Å². The largest absolute Gasteiger partial charge is 0.384 e. The number of nitrogens with one attached hydrogen (secondary N) is 1. The molecule has 0 aromatic rings. The molecule has 1 aliphatic carbocycles. The van der Waals surface area contributed by atoms with Gasteiger partial charge in [-0.1, -0.05) is 20.3 Å². The molecule has 1 aliphatic rings. The number of hydrogen-bond acceptors (Lipinski definition) is 2. The third-order valence-corrected chi connectivity index (χ3v) is 2.88. The van der Waals surface area contributed by atoms with Gasteiger partial charge in [0.2, 0.25) is 5.91 Å². The summed E-state index contributed by atoms with van der Waals surface area (Å²) in [6.07, 6.45) is 3.11. The highest BCUT2D eigenvalue weighted by Crippen LogP contribution is 2.41. The first-order valence-electron chi connectivity index (χ1n) is 5.38. The molecule has 14 heavy (non-hydrogen) atoms. The number of rotatable bonds is 5. The fourth-order valence-electron chi connectivity index (χ4n) is 1.80. The number of ether oxygens (including phenoxy) is 1. The monoisotopic (exact) mass is 199 g/mol. The van der Waals surface area contributed by atoms with E-state index in [1.165, 1.54) is 0 Å². The molecule has 3 heteroatoms. The van der Waals surface area contributed by atoms with Gasteiger partial charge in [-0.05, 0) is 18.8 Å². The minimum Gasteiger partial charge on any atom is -0.384 e. The zero-order chi connectivity index (χ0) is 10.6. The van der Waals surface area contributed by atoms with Crippen LogP contribution in [0.5, 0.6) is 0 Å². The number of carbonyl (C=O) groups is 1. The van der Waals surface area contributed by atoms with Gasteiger partial charge in [-0.25, -0.2) is 0 Å². The molecule has 0 atom stereocenters. The second-order valence-corrected chi connectivity index (χ2v) is 4.67. The quantitative estimate of drug-likeness (QED) is 0.730. The van der Waals surface area contributed by atoms with E-state index in [4.69, 9.17) is 4.74 Å². The number of amides is 1. The minimum atomic E-state index is -0.205. The van der Waals surface area contributed by atoms with Crippen LogP contribution in [0.25, 0.3) is 0 Å². The van der Waals surface area contributed by atoms with Crippen LogP contribution in [0.15, 0.2) is 0 Å². The van der Waals surface area contributed by atoms with Crippen LogP contribution in [0, 0.1) is 11.3 Å². The molecular weight excluding hydrogens is 178 g/mol. The highest BCUT2D eigenvalue weighted by molar-refractivity contribution is 5.83. The van der Waals surface area contributed by atoms with E-state index in [1.54, 1.807) is 7.11 Å². The van der Waals surface area contributed by atoms with Gasteiger partial charge in [0.15, 0.2) is 0 Å². The topological polar surface area (TPSA) is 38.3 Å². The van der Waals surface area contributed by atoms with Crippen molar-refractivity contribution in [3.05, 3.63) is 0 Å². The van der Waals surface area contributed by atoms with Crippen LogP contribution < -0.4 is 5.32 Å². The maximum atomic E-state index is 11.9. The summed E-state index contributed by atoms with van der Waals surface area (Å²) in [5, 5.41) is 2.99. The second kappa shape index (κ2) is 4.78. The lowest BCUT2D eigenvalue weighted by atomic mass is 9.68. The molecule has 1 fully saturated rings. The van der Waals surface area contributed by atoms with E-state index in [2.05, 4.69) is 19.2 Å². The van der Waals surface area contributed by atoms with Crippen LogP contribution in [0.3, 0.4) is 0 Å². The van der Waals surface area contributed by atoms with Gasteiger partial charge in [-0.3, -0.25) is 4.79 Å². The molecule has 0 unspecified atom stereocenters. The Hall–Kier alpha value is -0.570. The van der Waals surface area contributed by atoms with Gasteiger partial charge in [0.1, 0.15) is 0 Å². The maximum absolute atomic E-state index is 11.9. The fourth-order valence-corrected chi connectivity index (χ4v) is 1.80. The molecule has 1 N–H and O–H groups in total. The Kier molecular flexibility index (Phi) is 3.93. The Morgan fingerprint density at radius 1 is 1.50 bits per heavy atom. The van der Waals surface area contributed by atoms with Crippen molar-refractivity contribution in [2.45, 2.75) is 33.1 Å². The predicted octanol–water partition coefficient (Wildman–Crippen LogP) is 1.58. The molecule has 0 aliphatic heterocycles. The van der Waals surface area contributed by atoms with Gasteiger partial charge < -0.3 is 10.1 Å². The Morgan fingerprint density at radius 2 is 2.14 bits per heavy atom. The molecule has 1 rings (SSSR count). The normalized spacial score (nSPS) is 19.1. The number of methoxy groups -OCH3 is 1. The standard InChI is InChI=1S/C11H21NO2/c1-9(2)7-12-10(13)11(8-14-3)5-4-6-11/h9H,4-8H2,1-3H3,(H,12,13). The summed E-state index contributed by atoms with van der Waals surface area (Å²) in [4.78, 5) is 11.9. The first kappa shape index (κ1) is 11.5. The Morgan fingerprint density at radius 3 is 2.50 bits per heavy atom. The number of hydrogen-bond donors (Lipinski definition) is 1. The van der Waals surface area contributed by atoms with E-state index in [9.17, 15) is 4.79 Å². The van der Waals surface area contributed by atoms with E-state index < -0.39 is 0 Å². The van der Waals surface area contributed by atoms with Crippen molar-refractivity contribution in [3.63, 3.8) is 0 Å².